The van der Waals surface area contributed by atoms with Gasteiger partial charge in [0.25, 0.3) is 11.8 Å². The van der Waals surface area contributed by atoms with Crippen molar-refractivity contribution < 1.29 is 9.59 Å². The third kappa shape index (κ3) is 4.99. The Hall–Kier alpha value is -3.91. The van der Waals surface area contributed by atoms with Crippen molar-refractivity contribution in [2.75, 3.05) is 11.9 Å². The van der Waals surface area contributed by atoms with Crippen molar-refractivity contribution in [2.45, 2.75) is 19.8 Å². The van der Waals surface area contributed by atoms with Gasteiger partial charge in [0.2, 0.25) is 0 Å². The topological polar surface area (TPSA) is 82.0 Å². The first-order valence-electron chi connectivity index (χ1n) is 10.3. The van der Waals surface area contributed by atoms with Crippen molar-refractivity contribution in [3.05, 3.63) is 89.0 Å². The fourth-order valence-electron chi connectivity index (χ4n) is 3.41. The van der Waals surface area contributed by atoms with Gasteiger partial charge in [-0.15, -0.1) is 0 Å². The minimum atomic E-state index is -0.244. The van der Waals surface area contributed by atoms with Crippen LogP contribution in [0.15, 0.2) is 66.7 Å². The van der Waals surface area contributed by atoms with Gasteiger partial charge in [0.15, 0.2) is 0 Å². The highest BCUT2D eigenvalue weighted by Gasteiger charge is 2.22. The van der Waals surface area contributed by atoms with E-state index in [4.69, 9.17) is 5.26 Å². The molecule has 4 rings (SSSR count). The van der Waals surface area contributed by atoms with Crippen LogP contribution in [0.4, 0.5) is 5.69 Å². The zero-order valence-electron chi connectivity index (χ0n) is 17.3. The smallest absolute Gasteiger partial charge is 0.255 e. The van der Waals surface area contributed by atoms with E-state index in [9.17, 15) is 9.59 Å². The molecule has 3 aromatic carbocycles. The van der Waals surface area contributed by atoms with Crippen LogP contribution in [-0.2, 0) is 0 Å². The summed E-state index contributed by atoms with van der Waals surface area (Å²) < 4.78 is 0. The first-order chi connectivity index (χ1) is 15.0. The molecule has 0 heterocycles. The predicted octanol–water partition coefficient (Wildman–Crippen LogP) is 4.93. The third-order valence-corrected chi connectivity index (χ3v) is 5.46. The zero-order chi connectivity index (χ0) is 21.8. The number of amides is 2. The van der Waals surface area contributed by atoms with E-state index in [2.05, 4.69) is 16.7 Å². The van der Waals surface area contributed by atoms with Crippen LogP contribution in [-0.4, -0.2) is 18.4 Å². The molecule has 0 saturated heterocycles. The van der Waals surface area contributed by atoms with Gasteiger partial charge in [0.05, 0.1) is 11.6 Å². The number of aryl methyl sites for hydroxylation is 1. The molecule has 2 amide bonds. The fourth-order valence-corrected chi connectivity index (χ4v) is 3.41. The molecule has 0 radical (unpaired) electrons. The highest BCUT2D eigenvalue weighted by Crippen LogP contribution is 2.28. The number of hydrogen-bond donors (Lipinski definition) is 2. The van der Waals surface area contributed by atoms with Crippen LogP contribution in [0.5, 0.6) is 0 Å². The number of rotatable bonds is 6. The Labute approximate surface area is 181 Å². The summed E-state index contributed by atoms with van der Waals surface area (Å²) in [4.78, 5) is 25.0. The Balaban J connectivity index is 1.49. The molecular weight excluding hydrogens is 386 g/mol. The summed E-state index contributed by atoms with van der Waals surface area (Å²) in [5, 5.41) is 14.8. The average Bonchev–Trinajstić information content (AvgIpc) is 3.62. The average molecular weight is 409 g/mol. The van der Waals surface area contributed by atoms with E-state index in [1.54, 1.807) is 36.4 Å². The van der Waals surface area contributed by atoms with E-state index in [1.165, 1.54) is 12.8 Å². The van der Waals surface area contributed by atoms with Gasteiger partial charge in [-0.25, -0.2) is 0 Å². The quantitative estimate of drug-likeness (QED) is 0.606. The number of carbonyl (C=O) groups is 2. The maximum Gasteiger partial charge on any atom is 0.255 e. The Morgan fingerprint density at radius 3 is 2.42 bits per heavy atom. The third-order valence-electron chi connectivity index (χ3n) is 5.46. The molecule has 3 aromatic rings. The fraction of sp³-hybridized carbons (Fsp3) is 0.192. The van der Waals surface area contributed by atoms with Gasteiger partial charge in [-0.3, -0.25) is 9.59 Å². The largest absolute Gasteiger partial charge is 0.352 e. The van der Waals surface area contributed by atoms with Crippen LogP contribution >= 0.6 is 0 Å². The normalized spacial score (nSPS) is 12.6. The molecule has 5 nitrogen and oxygen atoms in total. The van der Waals surface area contributed by atoms with Crippen LogP contribution in [0.2, 0.25) is 0 Å². The lowest BCUT2D eigenvalue weighted by molar-refractivity contribution is 0.0951. The molecule has 0 spiro atoms. The van der Waals surface area contributed by atoms with Crippen LogP contribution in [0.25, 0.3) is 11.1 Å². The van der Waals surface area contributed by atoms with Crippen molar-refractivity contribution in [1.82, 2.24) is 5.32 Å². The number of nitrogens with one attached hydrogen (secondary N) is 2. The van der Waals surface area contributed by atoms with E-state index in [0.717, 1.165) is 23.2 Å². The minimum Gasteiger partial charge on any atom is -0.352 e. The molecule has 1 saturated carbocycles. The molecule has 154 valence electrons. The Bertz CT molecular complexity index is 1170. The number of carbonyl (C=O) groups excluding carboxylic acids is 2. The molecule has 2 N–H and O–H groups in total. The molecule has 0 atom stereocenters. The summed E-state index contributed by atoms with van der Waals surface area (Å²) in [6.07, 6.45) is 2.40. The first-order valence-corrected chi connectivity index (χ1v) is 10.3. The second-order valence-electron chi connectivity index (χ2n) is 7.91. The molecule has 0 aliphatic heterocycles. The zero-order valence-corrected chi connectivity index (χ0v) is 17.3. The maximum absolute atomic E-state index is 12.6. The lowest BCUT2D eigenvalue weighted by atomic mass is 9.97. The van der Waals surface area contributed by atoms with Gasteiger partial charge in [0.1, 0.15) is 0 Å². The number of anilines is 1. The maximum atomic E-state index is 12.6. The number of benzene rings is 3. The van der Waals surface area contributed by atoms with Crippen molar-refractivity contribution >= 4 is 17.5 Å². The van der Waals surface area contributed by atoms with E-state index >= 15 is 0 Å². The van der Waals surface area contributed by atoms with E-state index in [-0.39, 0.29) is 11.8 Å². The van der Waals surface area contributed by atoms with Gasteiger partial charge < -0.3 is 10.6 Å². The standard InChI is InChI=1S/C26H23N3O2/c1-17-5-8-22(25(30)28-16-18-6-7-18)14-24(17)20-9-11-21(12-10-20)26(31)29-23-4-2-3-19(13-23)15-27/h2-5,8-14,18H,6-7,16H2,1H3,(H,28,30)(H,29,31). The highest BCUT2D eigenvalue weighted by atomic mass is 16.2. The van der Waals surface area contributed by atoms with Crippen molar-refractivity contribution in [2.24, 2.45) is 5.92 Å². The Morgan fingerprint density at radius 2 is 1.71 bits per heavy atom. The number of nitriles is 1. The van der Waals surface area contributed by atoms with E-state index in [1.807, 2.05) is 37.3 Å². The lowest BCUT2D eigenvalue weighted by Gasteiger charge is -2.11. The second kappa shape index (κ2) is 8.85. The summed E-state index contributed by atoms with van der Waals surface area (Å²) in [5.74, 6) is 0.338. The molecule has 0 aromatic heterocycles. The van der Waals surface area contributed by atoms with Crippen molar-refractivity contribution in [1.29, 1.82) is 5.26 Å². The Morgan fingerprint density at radius 1 is 0.968 bits per heavy atom. The molecule has 1 fully saturated rings. The van der Waals surface area contributed by atoms with Gasteiger partial charge in [0, 0.05) is 23.4 Å². The van der Waals surface area contributed by atoms with E-state index in [0.29, 0.717) is 28.3 Å². The lowest BCUT2D eigenvalue weighted by Crippen LogP contribution is -2.25. The summed E-state index contributed by atoms with van der Waals surface area (Å²) in [6, 6.07) is 21.8. The summed E-state index contributed by atoms with van der Waals surface area (Å²) in [5.41, 5.74) is 5.19. The summed E-state index contributed by atoms with van der Waals surface area (Å²) >= 11 is 0. The van der Waals surface area contributed by atoms with Crippen molar-refractivity contribution in [3.8, 4) is 17.2 Å². The molecule has 0 unspecified atom stereocenters. The predicted molar refractivity (Wildman–Crippen MR) is 121 cm³/mol. The summed E-state index contributed by atoms with van der Waals surface area (Å²) in [6.45, 7) is 2.74. The minimum absolute atomic E-state index is 0.0521. The first kappa shape index (κ1) is 20.4. The van der Waals surface area contributed by atoms with Gasteiger partial charge in [-0.1, -0.05) is 24.3 Å². The van der Waals surface area contributed by atoms with Crippen LogP contribution in [0.3, 0.4) is 0 Å². The molecular formula is C26H23N3O2. The number of nitrogens with zero attached hydrogens (tertiary/aromatic N) is 1. The monoisotopic (exact) mass is 409 g/mol. The molecule has 0 bridgehead atoms. The molecule has 5 heteroatoms. The molecule has 1 aliphatic carbocycles. The summed E-state index contributed by atoms with van der Waals surface area (Å²) in [7, 11) is 0. The SMILES string of the molecule is Cc1ccc(C(=O)NCC2CC2)cc1-c1ccc(C(=O)Nc2cccc(C#N)c2)cc1. The van der Waals surface area contributed by atoms with Gasteiger partial charge in [-0.2, -0.15) is 5.26 Å². The number of hydrogen-bond acceptors (Lipinski definition) is 3. The van der Waals surface area contributed by atoms with Crippen LogP contribution in [0, 0.1) is 24.2 Å². The molecule has 1 aliphatic rings. The van der Waals surface area contributed by atoms with Crippen LogP contribution < -0.4 is 10.6 Å². The molecule has 31 heavy (non-hydrogen) atoms. The van der Waals surface area contributed by atoms with Gasteiger partial charge >= 0.3 is 0 Å². The second-order valence-corrected chi connectivity index (χ2v) is 7.91. The Kier molecular flexibility index (Phi) is 5.81. The van der Waals surface area contributed by atoms with Gasteiger partial charge in [-0.05, 0) is 84.8 Å². The van der Waals surface area contributed by atoms with Crippen molar-refractivity contribution in [3.63, 3.8) is 0 Å². The van der Waals surface area contributed by atoms with Crippen LogP contribution in [0.1, 0.15) is 44.7 Å². The highest BCUT2D eigenvalue weighted by molar-refractivity contribution is 6.04. The van der Waals surface area contributed by atoms with E-state index < -0.39 is 0 Å².